The fourth-order valence-electron chi connectivity index (χ4n) is 1.75. The van der Waals surface area contributed by atoms with Gasteiger partial charge >= 0.3 is 0 Å². The van der Waals surface area contributed by atoms with E-state index in [1.54, 1.807) is 6.07 Å². The first kappa shape index (κ1) is 10.9. The Labute approximate surface area is 91.9 Å². The summed E-state index contributed by atoms with van der Waals surface area (Å²) in [5.41, 5.74) is 4.15. The lowest BCUT2D eigenvalue weighted by Gasteiger charge is -2.35. The van der Waals surface area contributed by atoms with Crippen molar-refractivity contribution in [2.45, 2.75) is 18.7 Å². The SMILES string of the molecule is C[C@]1(c2ccccc2F)OC(N)=NC[C@@H]1F. The number of alkyl halides is 1. The van der Waals surface area contributed by atoms with Gasteiger partial charge in [0.2, 0.25) is 0 Å². The van der Waals surface area contributed by atoms with Crippen molar-refractivity contribution in [3.8, 4) is 0 Å². The van der Waals surface area contributed by atoms with Gasteiger partial charge in [0.25, 0.3) is 6.02 Å². The van der Waals surface area contributed by atoms with Gasteiger partial charge < -0.3 is 10.5 Å². The Morgan fingerprint density at radius 3 is 2.88 bits per heavy atom. The van der Waals surface area contributed by atoms with E-state index >= 15 is 0 Å². The molecule has 0 amide bonds. The van der Waals surface area contributed by atoms with Crippen LogP contribution in [0.15, 0.2) is 29.3 Å². The summed E-state index contributed by atoms with van der Waals surface area (Å²) in [6, 6.07) is 5.80. The molecule has 16 heavy (non-hydrogen) atoms. The van der Waals surface area contributed by atoms with Crippen molar-refractivity contribution in [1.82, 2.24) is 0 Å². The Morgan fingerprint density at radius 1 is 1.50 bits per heavy atom. The van der Waals surface area contributed by atoms with Crippen LogP contribution in [-0.2, 0) is 10.3 Å². The van der Waals surface area contributed by atoms with Crippen molar-refractivity contribution in [2.24, 2.45) is 10.7 Å². The fraction of sp³-hybridized carbons (Fsp3) is 0.364. The molecule has 0 fully saturated rings. The highest BCUT2D eigenvalue weighted by Gasteiger charge is 2.43. The number of hydrogen-bond donors (Lipinski definition) is 1. The van der Waals surface area contributed by atoms with Crippen molar-refractivity contribution in [3.05, 3.63) is 35.6 Å². The summed E-state index contributed by atoms with van der Waals surface area (Å²) in [6.07, 6.45) is -1.42. The van der Waals surface area contributed by atoms with E-state index < -0.39 is 17.6 Å². The molecule has 0 spiro atoms. The third-order valence-corrected chi connectivity index (χ3v) is 2.73. The molecule has 0 bridgehead atoms. The van der Waals surface area contributed by atoms with E-state index in [-0.39, 0.29) is 18.1 Å². The first-order valence-corrected chi connectivity index (χ1v) is 4.92. The number of aliphatic imine (C=N–C) groups is 1. The average molecular weight is 226 g/mol. The zero-order valence-electron chi connectivity index (χ0n) is 8.78. The van der Waals surface area contributed by atoms with E-state index in [0.29, 0.717) is 0 Å². The first-order valence-electron chi connectivity index (χ1n) is 4.92. The molecule has 1 aliphatic rings. The fourth-order valence-corrected chi connectivity index (χ4v) is 1.75. The highest BCUT2D eigenvalue weighted by Crippen LogP contribution is 2.35. The summed E-state index contributed by atoms with van der Waals surface area (Å²) in [7, 11) is 0. The number of hydrogen-bond acceptors (Lipinski definition) is 3. The number of nitrogens with two attached hydrogens (primary N) is 1. The Hall–Kier alpha value is -1.65. The summed E-state index contributed by atoms with van der Waals surface area (Å²) in [4.78, 5) is 3.64. The Kier molecular flexibility index (Phi) is 2.53. The normalized spacial score (nSPS) is 29.4. The van der Waals surface area contributed by atoms with E-state index in [2.05, 4.69) is 4.99 Å². The maximum absolute atomic E-state index is 13.8. The molecule has 0 radical (unpaired) electrons. The second-order valence-corrected chi connectivity index (χ2v) is 3.84. The lowest BCUT2D eigenvalue weighted by Crippen LogP contribution is -2.46. The van der Waals surface area contributed by atoms with Crippen LogP contribution in [0.2, 0.25) is 0 Å². The van der Waals surface area contributed by atoms with E-state index in [1.165, 1.54) is 25.1 Å². The number of halogens is 2. The van der Waals surface area contributed by atoms with Crippen molar-refractivity contribution in [3.63, 3.8) is 0 Å². The molecule has 0 aliphatic carbocycles. The predicted octanol–water partition coefficient (Wildman–Crippen LogP) is 1.72. The topological polar surface area (TPSA) is 47.6 Å². The molecule has 1 aromatic rings. The summed E-state index contributed by atoms with van der Waals surface area (Å²) in [6.45, 7) is 1.36. The maximum Gasteiger partial charge on any atom is 0.283 e. The van der Waals surface area contributed by atoms with Crippen molar-refractivity contribution in [2.75, 3.05) is 6.54 Å². The third-order valence-electron chi connectivity index (χ3n) is 2.73. The molecule has 0 aromatic heterocycles. The second kappa shape index (κ2) is 3.73. The molecule has 0 saturated heterocycles. The molecule has 1 heterocycles. The quantitative estimate of drug-likeness (QED) is 0.792. The highest BCUT2D eigenvalue weighted by atomic mass is 19.1. The van der Waals surface area contributed by atoms with E-state index in [9.17, 15) is 8.78 Å². The highest BCUT2D eigenvalue weighted by molar-refractivity contribution is 5.73. The van der Waals surface area contributed by atoms with Crippen molar-refractivity contribution in [1.29, 1.82) is 0 Å². The van der Waals surface area contributed by atoms with E-state index in [0.717, 1.165) is 0 Å². The molecule has 1 aromatic carbocycles. The molecule has 0 saturated carbocycles. The van der Waals surface area contributed by atoms with Crippen LogP contribution in [-0.4, -0.2) is 18.7 Å². The molecule has 0 unspecified atom stereocenters. The van der Waals surface area contributed by atoms with Crippen LogP contribution >= 0.6 is 0 Å². The molecule has 3 nitrogen and oxygen atoms in total. The van der Waals surface area contributed by atoms with Crippen LogP contribution in [0.4, 0.5) is 8.78 Å². The summed E-state index contributed by atoms with van der Waals surface area (Å²) in [5.74, 6) is -0.512. The van der Waals surface area contributed by atoms with Gasteiger partial charge in [0.1, 0.15) is 5.82 Å². The molecule has 2 rings (SSSR count). The van der Waals surface area contributed by atoms with Crippen molar-refractivity contribution >= 4 is 6.02 Å². The second-order valence-electron chi connectivity index (χ2n) is 3.84. The molecule has 5 heteroatoms. The van der Waals surface area contributed by atoms with Gasteiger partial charge in [-0.2, -0.15) is 0 Å². The van der Waals surface area contributed by atoms with Crippen LogP contribution in [0.5, 0.6) is 0 Å². The predicted molar refractivity (Wildman–Crippen MR) is 56.2 cm³/mol. The lowest BCUT2D eigenvalue weighted by atomic mass is 9.89. The molecule has 1 aliphatic heterocycles. The number of rotatable bonds is 1. The zero-order valence-corrected chi connectivity index (χ0v) is 8.78. The van der Waals surface area contributed by atoms with E-state index in [1.807, 2.05) is 0 Å². The van der Waals surface area contributed by atoms with Gasteiger partial charge in [-0.1, -0.05) is 18.2 Å². The van der Waals surface area contributed by atoms with Gasteiger partial charge in [-0.15, -0.1) is 0 Å². The molecule has 86 valence electrons. The van der Waals surface area contributed by atoms with Gasteiger partial charge in [0, 0.05) is 5.56 Å². The summed E-state index contributed by atoms with van der Waals surface area (Å²) in [5, 5.41) is 0. The summed E-state index contributed by atoms with van der Waals surface area (Å²) < 4.78 is 32.6. The number of ether oxygens (including phenoxy) is 1. The van der Waals surface area contributed by atoms with Crippen molar-refractivity contribution < 1.29 is 13.5 Å². The van der Waals surface area contributed by atoms with E-state index in [4.69, 9.17) is 10.5 Å². The Morgan fingerprint density at radius 2 is 2.19 bits per heavy atom. The lowest BCUT2D eigenvalue weighted by molar-refractivity contribution is -0.0232. The minimum Gasteiger partial charge on any atom is -0.451 e. The van der Waals surface area contributed by atoms with Gasteiger partial charge in [-0.05, 0) is 13.0 Å². The smallest absolute Gasteiger partial charge is 0.283 e. The van der Waals surface area contributed by atoms with Gasteiger partial charge in [0.15, 0.2) is 11.8 Å². The minimum absolute atomic E-state index is 0.111. The zero-order chi connectivity index (χ0) is 11.8. The monoisotopic (exact) mass is 226 g/mol. The molecule has 2 N–H and O–H groups in total. The van der Waals surface area contributed by atoms with Gasteiger partial charge in [-0.3, -0.25) is 0 Å². The number of amidine groups is 1. The standard InChI is InChI=1S/C11H12F2N2O/c1-11(7-4-2-3-5-8(7)12)9(13)6-15-10(14)16-11/h2-5,9H,6H2,1H3,(H2,14,15)/t9-,11+/m0/s1. The van der Waals surface area contributed by atoms with Crippen LogP contribution in [0.25, 0.3) is 0 Å². The van der Waals surface area contributed by atoms with Gasteiger partial charge in [-0.25, -0.2) is 13.8 Å². The average Bonchev–Trinajstić information content (AvgIpc) is 2.24. The van der Waals surface area contributed by atoms with Crippen LogP contribution in [0.1, 0.15) is 12.5 Å². The number of benzene rings is 1. The van der Waals surface area contributed by atoms with Gasteiger partial charge in [0.05, 0.1) is 6.54 Å². The minimum atomic E-state index is -1.42. The third kappa shape index (κ3) is 1.62. The summed E-state index contributed by atoms with van der Waals surface area (Å²) >= 11 is 0. The Bertz CT molecular complexity index is 436. The first-order chi connectivity index (χ1) is 7.54. The van der Waals surface area contributed by atoms with Crippen LogP contribution in [0, 0.1) is 5.82 Å². The molecular formula is C11H12F2N2O. The number of nitrogens with zero attached hydrogens (tertiary/aromatic N) is 1. The molecular weight excluding hydrogens is 214 g/mol. The largest absolute Gasteiger partial charge is 0.451 e. The molecule has 2 atom stereocenters. The maximum atomic E-state index is 13.8. The Balaban J connectivity index is 2.46. The van der Waals surface area contributed by atoms with Crippen LogP contribution < -0.4 is 5.73 Å². The van der Waals surface area contributed by atoms with Crippen LogP contribution in [0.3, 0.4) is 0 Å².